The Balaban J connectivity index is 1.55. The van der Waals surface area contributed by atoms with Crippen molar-refractivity contribution in [3.63, 3.8) is 0 Å². The molecule has 1 fully saturated rings. The zero-order valence-corrected chi connectivity index (χ0v) is 11.9. The highest BCUT2D eigenvalue weighted by Crippen LogP contribution is 2.21. The van der Waals surface area contributed by atoms with Crippen LogP contribution in [-0.2, 0) is 11.2 Å². The van der Waals surface area contributed by atoms with E-state index < -0.39 is 0 Å². The molecule has 110 valence electrons. The highest BCUT2D eigenvalue weighted by Gasteiger charge is 2.24. The molecule has 3 rings (SSSR count). The Morgan fingerprint density at radius 2 is 2.33 bits per heavy atom. The van der Waals surface area contributed by atoms with E-state index in [-0.39, 0.29) is 11.9 Å². The average Bonchev–Trinajstić information content (AvgIpc) is 3.08. The van der Waals surface area contributed by atoms with Crippen LogP contribution in [0.3, 0.4) is 0 Å². The van der Waals surface area contributed by atoms with E-state index in [0.717, 1.165) is 31.6 Å². The number of aromatic nitrogens is 4. The van der Waals surface area contributed by atoms with Crippen molar-refractivity contribution in [1.29, 1.82) is 0 Å². The topological polar surface area (TPSA) is 63.9 Å². The van der Waals surface area contributed by atoms with Gasteiger partial charge in [-0.15, -0.1) is 0 Å². The van der Waals surface area contributed by atoms with Crippen molar-refractivity contribution in [3.05, 3.63) is 42.7 Å². The fraction of sp³-hybridized carbons (Fsp3) is 0.467. The van der Waals surface area contributed by atoms with Gasteiger partial charge in [-0.2, -0.15) is 5.10 Å². The lowest BCUT2D eigenvalue weighted by Crippen LogP contribution is -2.41. The first-order valence-electron chi connectivity index (χ1n) is 7.35. The predicted molar refractivity (Wildman–Crippen MR) is 77.4 cm³/mol. The van der Waals surface area contributed by atoms with Crippen LogP contribution in [0.5, 0.6) is 0 Å². The van der Waals surface area contributed by atoms with Crippen molar-refractivity contribution in [3.8, 4) is 0 Å². The molecule has 6 nitrogen and oxygen atoms in total. The molecular formula is C15H19N5O. The number of aryl methyl sites for hydroxylation is 1. The molecule has 1 amide bonds. The van der Waals surface area contributed by atoms with Crippen LogP contribution in [0, 0.1) is 0 Å². The van der Waals surface area contributed by atoms with Gasteiger partial charge in [0, 0.05) is 31.4 Å². The molecule has 6 heteroatoms. The first-order chi connectivity index (χ1) is 10.3. The first-order valence-corrected chi connectivity index (χ1v) is 7.35. The summed E-state index contributed by atoms with van der Waals surface area (Å²) in [5.41, 5.74) is 0.968. The lowest BCUT2D eigenvalue weighted by molar-refractivity contribution is -0.132. The Bertz CT molecular complexity index is 569. The van der Waals surface area contributed by atoms with Gasteiger partial charge in [-0.1, -0.05) is 6.07 Å². The lowest BCUT2D eigenvalue weighted by atomic mass is 10.1. The van der Waals surface area contributed by atoms with Gasteiger partial charge in [0.15, 0.2) is 0 Å². The normalized spacial score (nSPS) is 18.7. The second kappa shape index (κ2) is 6.47. The molecule has 1 saturated heterocycles. The molecule has 0 radical (unpaired) electrons. The predicted octanol–water partition coefficient (Wildman–Crippen LogP) is 1.47. The molecule has 1 aliphatic heterocycles. The number of rotatable bonds is 4. The SMILES string of the molecule is O=C(CCc1ccccn1)N1CCC[C@@H](n2cncn2)C1. The molecule has 21 heavy (non-hydrogen) atoms. The quantitative estimate of drug-likeness (QED) is 0.853. The summed E-state index contributed by atoms with van der Waals surface area (Å²) in [5, 5.41) is 4.18. The zero-order valence-electron chi connectivity index (χ0n) is 11.9. The van der Waals surface area contributed by atoms with E-state index in [1.165, 1.54) is 0 Å². The summed E-state index contributed by atoms with van der Waals surface area (Å²) < 4.78 is 1.86. The number of carbonyl (C=O) groups excluding carboxylic acids is 1. The molecule has 0 N–H and O–H groups in total. The van der Waals surface area contributed by atoms with Gasteiger partial charge in [0.2, 0.25) is 5.91 Å². The molecular weight excluding hydrogens is 266 g/mol. The molecule has 0 aromatic carbocycles. The van der Waals surface area contributed by atoms with Crippen LogP contribution in [0.4, 0.5) is 0 Å². The molecule has 2 aromatic rings. The zero-order chi connectivity index (χ0) is 14.5. The van der Waals surface area contributed by atoms with Crippen LogP contribution in [0.2, 0.25) is 0 Å². The highest BCUT2D eigenvalue weighted by atomic mass is 16.2. The monoisotopic (exact) mass is 285 g/mol. The Kier molecular flexibility index (Phi) is 4.23. The van der Waals surface area contributed by atoms with Gasteiger partial charge in [0.1, 0.15) is 12.7 Å². The second-order valence-electron chi connectivity index (χ2n) is 5.33. The van der Waals surface area contributed by atoms with Gasteiger partial charge in [-0.05, 0) is 31.4 Å². The maximum atomic E-state index is 12.3. The smallest absolute Gasteiger partial charge is 0.223 e. The van der Waals surface area contributed by atoms with Crippen LogP contribution in [-0.4, -0.2) is 43.6 Å². The van der Waals surface area contributed by atoms with Crippen molar-refractivity contribution < 1.29 is 4.79 Å². The number of likely N-dealkylation sites (tertiary alicyclic amines) is 1. The molecule has 1 atom stereocenters. The summed E-state index contributed by atoms with van der Waals surface area (Å²) >= 11 is 0. The summed E-state index contributed by atoms with van der Waals surface area (Å²) in [7, 11) is 0. The van der Waals surface area contributed by atoms with E-state index in [4.69, 9.17) is 0 Å². The third kappa shape index (κ3) is 3.45. The molecule has 0 aliphatic carbocycles. The Hall–Kier alpha value is -2.24. The minimum Gasteiger partial charge on any atom is -0.341 e. The average molecular weight is 285 g/mol. The third-order valence-corrected chi connectivity index (χ3v) is 3.88. The van der Waals surface area contributed by atoms with Crippen molar-refractivity contribution >= 4 is 5.91 Å². The van der Waals surface area contributed by atoms with Crippen LogP contribution in [0.15, 0.2) is 37.1 Å². The first kappa shape index (κ1) is 13.7. The molecule has 3 heterocycles. The number of hydrogen-bond acceptors (Lipinski definition) is 4. The minimum atomic E-state index is 0.200. The minimum absolute atomic E-state index is 0.200. The van der Waals surface area contributed by atoms with Gasteiger partial charge in [0.05, 0.1) is 6.04 Å². The number of pyridine rings is 1. The third-order valence-electron chi connectivity index (χ3n) is 3.88. The van der Waals surface area contributed by atoms with Crippen LogP contribution in [0.25, 0.3) is 0 Å². The maximum absolute atomic E-state index is 12.3. The fourth-order valence-electron chi connectivity index (χ4n) is 2.74. The van der Waals surface area contributed by atoms with E-state index in [9.17, 15) is 4.79 Å². The summed E-state index contributed by atoms with van der Waals surface area (Å²) in [5.74, 6) is 0.200. The molecule has 0 saturated carbocycles. The van der Waals surface area contributed by atoms with Crippen LogP contribution < -0.4 is 0 Å². The number of nitrogens with zero attached hydrogens (tertiary/aromatic N) is 5. The molecule has 2 aromatic heterocycles. The summed E-state index contributed by atoms with van der Waals surface area (Å²) in [6.45, 7) is 1.57. The lowest BCUT2D eigenvalue weighted by Gasteiger charge is -2.32. The van der Waals surface area contributed by atoms with Gasteiger partial charge in [0.25, 0.3) is 0 Å². The summed E-state index contributed by atoms with van der Waals surface area (Å²) in [6, 6.07) is 6.05. The Morgan fingerprint density at radius 3 is 3.10 bits per heavy atom. The maximum Gasteiger partial charge on any atom is 0.223 e. The van der Waals surface area contributed by atoms with Crippen LogP contribution >= 0.6 is 0 Å². The van der Waals surface area contributed by atoms with Crippen molar-refractivity contribution in [2.24, 2.45) is 0 Å². The standard InChI is InChI=1S/C15H19N5O/c21-15(7-6-13-4-1-2-8-17-13)19-9-3-5-14(10-19)20-12-16-11-18-20/h1-2,4,8,11-12,14H,3,5-7,9-10H2/t14-/m1/s1. The largest absolute Gasteiger partial charge is 0.341 e. The van der Waals surface area contributed by atoms with Crippen molar-refractivity contribution in [2.45, 2.75) is 31.7 Å². The van der Waals surface area contributed by atoms with E-state index in [2.05, 4.69) is 15.1 Å². The summed E-state index contributed by atoms with van der Waals surface area (Å²) in [4.78, 5) is 22.5. The van der Waals surface area contributed by atoms with Gasteiger partial charge in [-0.25, -0.2) is 9.67 Å². The van der Waals surface area contributed by atoms with E-state index >= 15 is 0 Å². The van der Waals surface area contributed by atoms with E-state index in [1.807, 2.05) is 27.8 Å². The van der Waals surface area contributed by atoms with Crippen molar-refractivity contribution in [1.82, 2.24) is 24.6 Å². The van der Waals surface area contributed by atoms with Crippen molar-refractivity contribution in [2.75, 3.05) is 13.1 Å². The number of hydrogen-bond donors (Lipinski definition) is 0. The van der Waals surface area contributed by atoms with Gasteiger partial charge < -0.3 is 4.90 Å². The number of carbonyl (C=O) groups is 1. The molecule has 1 aliphatic rings. The molecule has 0 spiro atoms. The Labute approximate surface area is 123 Å². The number of piperidine rings is 1. The molecule has 0 unspecified atom stereocenters. The highest BCUT2D eigenvalue weighted by molar-refractivity contribution is 5.76. The second-order valence-corrected chi connectivity index (χ2v) is 5.33. The van der Waals surface area contributed by atoms with Crippen LogP contribution in [0.1, 0.15) is 31.0 Å². The molecule has 0 bridgehead atoms. The van der Waals surface area contributed by atoms with Gasteiger partial charge >= 0.3 is 0 Å². The Morgan fingerprint density at radius 1 is 1.38 bits per heavy atom. The fourth-order valence-corrected chi connectivity index (χ4v) is 2.74. The van der Waals surface area contributed by atoms with Gasteiger partial charge in [-0.3, -0.25) is 9.78 Å². The van der Waals surface area contributed by atoms with E-state index in [1.54, 1.807) is 18.9 Å². The summed E-state index contributed by atoms with van der Waals surface area (Å²) in [6.07, 6.45) is 8.31. The van der Waals surface area contributed by atoms with E-state index in [0.29, 0.717) is 12.8 Å². The number of amides is 1.